The average molecular weight is 422 g/mol. The quantitative estimate of drug-likeness (QED) is 0.547. The van der Waals surface area contributed by atoms with Crippen molar-refractivity contribution in [3.05, 3.63) is 77.1 Å². The Balaban J connectivity index is 1.60. The summed E-state index contributed by atoms with van der Waals surface area (Å²) in [6.45, 7) is 7.16. The number of anilines is 1. The van der Waals surface area contributed by atoms with E-state index in [1.54, 1.807) is 31.2 Å². The van der Waals surface area contributed by atoms with Gasteiger partial charge in [-0.2, -0.15) is 5.10 Å². The van der Waals surface area contributed by atoms with Gasteiger partial charge in [-0.1, -0.05) is 18.2 Å². The van der Waals surface area contributed by atoms with Crippen LogP contribution in [-0.4, -0.2) is 41.9 Å². The van der Waals surface area contributed by atoms with Gasteiger partial charge in [0.05, 0.1) is 41.9 Å². The van der Waals surface area contributed by atoms with Gasteiger partial charge < -0.3 is 15.0 Å². The van der Waals surface area contributed by atoms with E-state index in [1.165, 1.54) is 0 Å². The lowest BCUT2D eigenvalue weighted by Gasteiger charge is -2.14. The van der Waals surface area contributed by atoms with E-state index in [0.29, 0.717) is 30.9 Å². The molecular formula is C24H29N4O3+. The van der Waals surface area contributed by atoms with Crippen LogP contribution < -0.4 is 10.2 Å². The second kappa shape index (κ2) is 10.0. The van der Waals surface area contributed by atoms with Crippen molar-refractivity contribution in [3.8, 4) is 5.69 Å². The Kier molecular flexibility index (Phi) is 7.20. The fourth-order valence-corrected chi connectivity index (χ4v) is 3.50. The highest BCUT2D eigenvalue weighted by atomic mass is 16.5. The van der Waals surface area contributed by atoms with Gasteiger partial charge in [0, 0.05) is 5.69 Å². The standard InChI is InChI=1S/C24H28N4O3/c1-5-31-24(30)19-11-13-20(14-12-19)25-23(29)16-27(4)15-22-17(2)26-28(18(22)3)21-9-7-6-8-10-21/h6-14H,5,15-16H2,1-4H3,(H,25,29)/p+1. The van der Waals surface area contributed by atoms with E-state index in [4.69, 9.17) is 4.74 Å². The molecule has 0 saturated carbocycles. The molecule has 2 N–H and O–H groups in total. The van der Waals surface area contributed by atoms with Crippen molar-refractivity contribution in [2.45, 2.75) is 27.3 Å². The topological polar surface area (TPSA) is 77.7 Å². The molecule has 0 bridgehead atoms. The Labute approximate surface area is 182 Å². The number of nitrogens with zero attached hydrogens (tertiary/aromatic N) is 2. The molecule has 1 amide bonds. The predicted octanol–water partition coefficient (Wildman–Crippen LogP) is 2.32. The molecular weight excluding hydrogens is 392 g/mol. The maximum Gasteiger partial charge on any atom is 0.338 e. The number of esters is 1. The van der Waals surface area contributed by atoms with E-state index in [9.17, 15) is 9.59 Å². The number of benzene rings is 2. The van der Waals surface area contributed by atoms with E-state index < -0.39 is 0 Å². The van der Waals surface area contributed by atoms with E-state index >= 15 is 0 Å². The van der Waals surface area contributed by atoms with Gasteiger partial charge in [0.1, 0.15) is 6.54 Å². The largest absolute Gasteiger partial charge is 0.462 e. The Hall–Kier alpha value is -3.45. The van der Waals surface area contributed by atoms with Crippen molar-refractivity contribution >= 4 is 17.6 Å². The van der Waals surface area contributed by atoms with Gasteiger partial charge in [-0.15, -0.1) is 0 Å². The fraction of sp³-hybridized carbons (Fsp3) is 0.292. The maximum absolute atomic E-state index is 12.5. The van der Waals surface area contributed by atoms with Crippen LogP contribution in [0.1, 0.15) is 34.2 Å². The van der Waals surface area contributed by atoms with Gasteiger partial charge in [-0.05, 0) is 57.2 Å². The molecule has 0 aliphatic heterocycles. The minimum Gasteiger partial charge on any atom is -0.462 e. The van der Waals surface area contributed by atoms with Crippen LogP contribution in [0.2, 0.25) is 0 Å². The Morgan fingerprint density at radius 2 is 1.74 bits per heavy atom. The van der Waals surface area contributed by atoms with Crippen molar-refractivity contribution in [3.63, 3.8) is 0 Å². The molecule has 7 nitrogen and oxygen atoms in total. The van der Waals surface area contributed by atoms with Gasteiger partial charge >= 0.3 is 5.97 Å². The number of aromatic nitrogens is 2. The number of likely N-dealkylation sites (N-methyl/N-ethyl adjacent to an activating group) is 1. The van der Waals surface area contributed by atoms with Crippen LogP contribution in [0.25, 0.3) is 5.69 Å². The second-order valence-electron chi connectivity index (χ2n) is 7.55. The number of ether oxygens (including phenoxy) is 1. The van der Waals surface area contributed by atoms with Gasteiger partial charge in [-0.25, -0.2) is 9.48 Å². The monoisotopic (exact) mass is 421 g/mol. The van der Waals surface area contributed by atoms with Crippen molar-refractivity contribution in [1.29, 1.82) is 0 Å². The molecule has 0 aliphatic carbocycles. The van der Waals surface area contributed by atoms with Gasteiger partial charge in [0.2, 0.25) is 0 Å². The molecule has 162 valence electrons. The van der Waals surface area contributed by atoms with Gasteiger partial charge in [-0.3, -0.25) is 4.79 Å². The van der Waals surface area contributed by atoms with Crippen LogP contribution in [0.5, 0.6) is 0 Å². The zero-order chi connectivity index (χ0) is 22.4. The van der Waals surface area contributed by atoms with Crippen LogP contribution in [-0.2, 0) is 16.1 Å². The first kappa shape index (κ1) is 22.2. The highest BCUT2D eigenvalue weighted by Gasteiger charge is 2.18. The lowest BCUT2D eigenvalue weighted by atomic mass is 10.2. The fourth-order valence-electron chi connectivity index (χ4n) is 3.50. The van der Waals surface area contributed by atoms with Gasteiger partial charge in [0.25, 0.3) is 5.91 Å². The number of quaternary nitrogens is 1. The molecule has 1 atom stereocenters. The first-order valence-electron chi connectivity index (χ1n) is 10.4. The van der Waals surface area contributed by atoms with Crippen LogP contribution in [0.4, 0.5) is 5.69 Å². The Morgan fingerprint density at radius 1 is 1.06 bits per heavy atom. The summed E-state index contributed by atoms with van der Waals surface area (Å²) in [5.41, 5.74) is 5.33. The molecule has 3 aromatic rings. The van der Waals surface area contributed by atoms with Crippen LogP contribution in [0.3, 0.4) is 0 Å². The molecule has 1 heterocycles. The number of aryl methyl sites for hydroxylation is 1. The van der Waals surface area contributed by atoms with E-state index in [0.717, 1.165) is 27.5 Å². The van der Waals surface area contributed by atoms with E-state index in [-0.39, 0.29) is 11.9 Å². The first-order chi connectivity index (χ1) is 14.9. The number of carbonyl (C=O) groups excluding carboxylic acids is 2. The summed E-state index contributed by atoms with van der Waals surface area (Å²) in [5, 5.41) is 7.57. The summed E-state index contributed by atoms with van der Waals surface area (Å²) in [6.07, 6.45) is 0. The zero-order valence-corrected chi connectivity index (χ0v) is 18.4. The molecule has 0 spiro atoms. The van der Waals surface area contributed by atoms with E-state index in [1.807, 2.05) is 49.0 Å². The highest BCUT2D eigenvalue weighted by molar-refractivity contribution is 5.93. The smallest absolute Gasteiger partial charge is 0.338 e. The molecule has 1 unspecified atom stereocenters. The Bertz CT molecular complexity index is 1040. The third-order valence-corrected chi connectivity index (χ3v) is 5.06. The second-order valence-corrected chi connectivity index (χ2v) is 7.55. The molecule has 0 aliphatic rings. The summed E-state index contributed by atoms with van der Waals surface area (Å²) in [7, 11) is 1.99. The summed E-state index contributed by atoms with van der Waals surface area (Å²) < 4.78 is 6.92. The molecule has 2 aromatic carbocycles. The predicted molar refractivity (Wildman–Crippen MR) is 120 cm³/mol. The van der Waals surface area contributed by atoms with Crippen molar-refractivity contribution < 1.29 is 19.2 Å². The third-order valence-electron chi connectivity index (χ3n) is 5.06. The third kappa shape index (κ3) is 5.58. The molecule has 3 rings (SSSR count). The Morgan fingerprint density at radius 3 is 2.39 bits per heavy atom. The number of para-hydroxylation sites is 1. The SMILES string of the molecule is CCOC(=O)c1ccc(NC(=O)C[NH+](C)Cc2c(C)nn(-c3ccccc3)c2C)cc1. The zero-order valence-electron chi connectivity index (χ0n) is 18.4. The number of nitrogens with one attached hydrogen (secondary N) is 2. The number of carbonyl (C=O) groups is 2. The molecule has 0 saturated heterocycles. The number of hydrogen-bond donors (Lipinski definition) is 2. The summed E-state index contributed by atoms with van der Waals surface area (Å²) in [4.78, 5) is 25.3. The summed E-state index contributed by atoms with van der Waals surface area (Å²) in [5.74, 6) is -0.460. The first-order valence-corrected chi connectivity index (χ1v) is 10.4. The normalized spacial score (nSPS) is 11.7. The van der Waals surface area contributed by atoms with Crippen molar-refractivity contribution in [2.24, 2.45) is 0 Å². The average Bonchev–Trinajstić information content (AvgIpc) is 3.03. The van der Waals surface area contributed by atoms with Crippen LogP contribution in [0, 0.1) is 13.8 Å². The number of amides is 1. The molecule has 0 fully saturated rings. The maximum atomic E-state index is 12.5. The minimum absolute atomic E-state index is 0.0906. The van der Waals surface area contributed by atoms with E-state index in [2.05, 4.69) is 17.3 Å². The van der Waals surface area contributed by atoms with Gasteiger partial charge in [0.15, 0.2) is 6.54 Å². The van der Waals surface area contributed by atoms with Crippen molar-refractivity contribution in [2.75, 3.05) is 25.5 Å². The lowest BCUT2D eigenvalue weighted by molar-refractivity contribution is -0.885. The molecule has 7 heteroatoms. The summed E-state index contributed by atoms with van der Waals surface area (Å²) >= 11 is 0. The summed E-state index contributed by atoms with van der Waals surface area (Å²) in [6, 6.07) is 16.7. The van der Waals surface area contributed by atoms with Crippen molar-refractivity contribution in [1.82, 2.24) is 9.78 Å². The number of hydrogen-bond acceptors (Lipinski definition) is 4. The molecule has 31 heavy (non-hydrogen) atoms. The van der Waals surface area contributed by atoms with Crippen LogP contribution in [0.15, 0.2) is 54.6 Å². The minimum atomic E-state index is -0.369. The molecule has 0 radical (unpaired) electrons. The van der Waals surface area contributed by atoms with Crippen LogP contribution >= 0.6 is 0 Å². The number of rotatable bonds is 8. The lowest BCUT2D eigenvalue weighted by Crippen LogP contribution is -3.08. The molecule has 1 aromatic heterocycles. The highest BCUT2D eigenvalue weighted by Crippen LogP contribution is 2.17.